The molecule has 0 aliphatic carbocycles. The zero-order valence-electron chi connectivity index (χ0n) is 17.5. The molecular weight excluding hydrogens is 312 g/mol. The van der Waals surface area contributed by atoms with E-state index in [2.05, 4.69) is 27.7 Å². The molecule has 0 aromatic carbocycles. The summed E-state index contributed by atoms with van der Waals surface area (Å²) in [4.78, 5) is 0. The molecule has 1 aliphatic rings. The SMILES string of the molecule is CCCCCCCCCCCCC(C)OCCC(C)(C)OCC1CO1. The number of unbranched alkanes of at least 4 members (excludes halogenated alkanes) is 9. The Labute approximate surface area is 157 Å². The lowest BCUT2D eigenvalue weighted by atomic mass is 10.0. The normalized spacial score (nSPS) is 18.5. The maximum Gasteiger partial charge on any atom is 0.104 e. The van der Waals surface area contributed by atoms with E-state index in [9.17, 15) is 0 Å². The molecule has 1 rings (SSSR count). The zero-order chi connectivity index (χ0) is 18.4. The van der Waals surface area contributed by atoms with E-state index >= 15 is 0 Å². The van der Waals surface area contributed by atoms with Crippen molar-refractivity contribution in [3.05, 3.63) is 0 Å². The average molecular weight is 357 g/mol. The highest BCUT2D eigenvalue weighted by atomic mass is 16.6. The van der Waals surface area contributed by atoms with Crippen molar-refractivity contribution in [2.24, 2.45) is 0 Å². The van der Waals surface area contributed by atoms with Crippen LogP contribution in [0.15, 0.2) is 0 Å². The smallest absolute Gasteiger partial charge is 0.104 e. The predicted molar refractivity (Wildman–Crippen MR) is 106 cm³/mol. The van der Waals surface area contributed by atoms with Gasteiger partial charge in [-0.2, -0.15) is 0 Å². The molecule has 0 saturated carbocycles. The molecule has 0 radical (unpaired) electrons. The van der Waals surface area contributed by atoms with Gasteiger partial charge in [0.05, 0.1) is 24.9 Å². The fraction of sp³-hybridized carbons (Fsp3) is 1.00. The number of ether oxygens (including phenoxy) is 3. The molecule has 0 aromatic rings. The van der Waals surface area contributed by atoms with Crippen LogP contribution in [0.5, 0.6) is 0 Å². The van der Waals surface area contributed by atoms with Gasteiger partial charge in [0, 0.05) is 6.61 Å². The molecule has 2 atom stereocenters. The Morgan fingerprint density at radius 3 is 2.08 bits per heavy atom. The third-order valence-electron chi connectivity index (χ3n) is 5.13. The maximum absolute atomic E-state index is 5.97. The van der Waals surface area contributed by atoms with Gasteiger partial charge in [0.15, 0.2) is 0 Å². The van der Waals surface area contributed by atoms with Crippen LogP contribution in [-0.4, -0.2) is 37.6 Å². The van der Waals surface area contributed by atoms with Crippen LogP contribution in [-0.2, 0) is 14.2 Å². The van der Waals surface area contributed by atoms with Crippen LogP contribution in [0.1, 0.15) is 105 Å². The molecule has 0 N–H and O–H groups in total. The molecule has 3 nitrogen and oxygen atoms in total. The maximum atomic E-state index is 5.97. The number of hydrogen-bond acceptors (Lipinski definition) is 3. The van der Waals surface area contributed by atoms with Crippen LogP contribution < -0.4 is 0 Å². The second-order valence-electron chi connectivity index (χ2n) is 8.43. The van der Waals surface area contributed by atoms with Crippen molar-refractivity contribution >= 4 is 0 Å². The van der Waals surface area contributed by atoms with Crippen molar-refractivity contribution in [3.8, 4) is 0 Å². The second kappa shape index (κ2) is 14.0. The van der Waals surface area contributed by atoms with Gasteiger partial charge >= 0.3 is 0 Å². The minimum absolute atomic E-state index is 0.108. The third kappa shape index (κ3) is 14.7. The molecular formula is C22H44O3. The molecule has 0 spiro atoms. The Kier molecular flexibility index (Phi) is 12.8. The lowest BCUT2D eigenvalue weighted by Crippen LogP contribution is -2.29. The Hall–Kier alpha value is -0.120. The van der Waals surface area contributed by atoms with Gasteiger partial charge in [-0.15, -0.1) is 0 Å². The Morgan fingerprint density at radius 2 is 1.52 bits per heavy atom. The summed E-state index contributed by atoms with van der Waals surface area (Å²) in [5, 5.41) is 0. The second-order valence-corrected chi connectivity index (χ2v) is 8.43. The van der Waals surface area contributed by atoms with Crippen LogP contribution >= 0.6 is 0 Å². The van der Waals surface area contributed by atoms with Crippen molar-refractivity contribution in [1.82, 2.24) is 0 Å². The van der Waals surface area contributed by atoms with Gasteiger partial charge in [-0.25, -0.2) is 0 Å². The fourth-order valence-electron chi connectivity index (χ4n) is 3.06. The first-order valence-corrected chi connectivity index (χ1v) is 10.9. The predicted octanol–water partition coefficient (Wildman–Crippen LogP) is 6.29. The summed E-state index contributed by atoms with van der Waals surface area (Å²) in [7, 11) is 0. The van der Waals surface area contributed by atoms with E-state index in [0.29, 0.717) is 12.2 Å². The molecule has 1 saturated heterocycles. The largest absolute Gasteiger partial charge is 0.378 e. The summed E-state index contributed by atoms with van der Waals surface area (Å²) in [6.45, 7) is 11.2. The highest BCUT2D eigenvalue weighted by Crippen LogP contribution is 2.19. The first-order valence-electron chi connectivity index (χ1n) is 10.9. The fourth-order valence-corrected chi connectivity index (χ4v) is 3.06. The van der Waals surface area contributed by atoms with Crippen molar-refractivity contribution in [2.75, 3.05) is 19.8 Å². The van der Waals surface area contributed by atoms with Crippen LogP contribution in [0.4, 0.5) is 0 Å². The number of hydrogen-bond donors (Lipinski definition) is 0. The van der Waals surface area contributed by atoms with Gasteiger partial charge in [-0.3, -0.25) is 0 Å². The monoisotopic (exact) mass is 356 g/mol. The topological polar surface area (TPSA) is 31.0 Å². The summed E-state index contributed by atoms with van der Waals surface area (Å²) < 4.78 is 17.1. The van der Waals surface area contributed by atoms with E-state index in [1.165, 1.54) is 70.6 Å². The Bertz CT molecular complexity index is 300. The zero-order valence-corrected chi connectivity index (χ0v) is 17.5. The highest BCUT2D eigenvalue weighted by molar-refractivity contribution is 4.73. The molecule has 1 fully saturated rings. The molecule has 2 unspecified atom stereocenters. The first-order chi connectivity index (χ1) is 12.0. The summed E-state index contributed by atoms with van der Waals surface area (Å²) in [6, 6.07) is 0. The van der Waals surface area contributed by atoms with Crippen molar-refractivity contribution in [2.45, 2.75) is 123 Å². The molecule has 0 bridgehead atoms. The van der Waals surface area contributed by atoms with Gasteiger partial charge in [-0.1, -0.05) is 71.1 Å². The molecule has 1 aliphatic heterocycles. The van der Waals surface area contributed by atoms with Crippen molar-refractivity contribution in [3.63, 3.8) is 0 Å². The van der Waals surface area contributed by atoms with E-state index in [1.54, 1.807) is 0 Å². The quantitative estimate of drug-likeness (QED) is 0.214. The van der Waals surface area contributed by atoms with Crippen LogP contribution in [0, 0.1) is 0 Å². The molecule has 1 heterocycles. The lowest BCUT2D eigenvalue weighted by Gasteiger charge is -2.25. The molecule has 150 valence electrons. The first kappa shape index (κ1) is 22.9. The van der Waals surface area contributed by atoms with E-state index in [4.69, 9.17) is 14.2 Å². The third-order valence-corrected chi connectivity index (χ3v) is 5.13. The van der Waals surface area contributed by atoms with Crippen molar-refractivity contribution < 1.29 is 14.2 Å². The van der Waals surface area contributed by atoms with Gasteiger partial charge in [0.25, 0.3) is 0 Å². The Morgan fingerprint density at radius 1 is 0.960 bits per heavy atom. The van der Waals surface area contributed by atoms with Crippen LogP contribution in [0.25, 0.3) is 0 Å². The summed E-state index contributed by atoms with van der Waals surface area (Å²) in [5.41, 5.74) is -0.108. The molecule has 0 aromatic heterocycles. The standard InChI is InChI=1S/C22H44O3/c1-5-6-7-8-9-10-11-12-13-14-15-20(2)23-17-16-22(3,4)25-19-21-18-24-21/h20-21H,5-19H2,1-4H3. The van der Waals surface area contributed by atoms with E-state index in [0.717, 1.165) is 26.2 Å². The lowest BCUT2D eigenvalue weighted by molar-refractivity contribution is -0.0544. The molecule has 0 amide bonds. The van der Waals surface area contributed by atoms with Gasteiger partial charge < -0.3 is 14.2 Å². The summed E-state index contributed by atoms with van der Waals surface area (Å²) >= 11 is 0. The Balaban J connectivity index is 1.84. The highest BCUT2D eigenvalue weighted by Gasteiger charge is 2.27. The molecule has 25 heavy (non-hydrogen) atoms. The van der Waals surface area contributed by atoms with Crippen LogP contribution in [0.3, 0.4) is 0 Å². The minimum Gasteiger partial charge on any atom is -0.378 e. The van der Waals surface area contributed by atoms with E-state index in [1.807, 2.05) is 0 Å². The van der Waals surface area contributed by atoms with Gasteiger partial charge in [0.2, 0.25) is 0 Å². The van der Waals surface area contributed by atoms with Gasteiger partial charge in [-0.05, 0) is 33.6 Å². The number of rotatable bonds is 18. The average Bonchev–Trinajstić information content (AvgIpc) is 3.39. The molecule has 3 heteroatoms. The van der Waals surface area contributed by atoms with Crippen molar-refractivity contribution in [1.29, 1.82) is 0 Å². The van der Waals surface area contributed by atoms with Gasteiger partial charge in [0.1, 0.15) is 6.10 Å². The van der Waals surface area contributed by atoms with E-state index in [-0.39, 0.29) is 5.60 Å². The summed E-state index contributed by atoms with van der Waals surface area (Å²) in [6.07, 6.45) is 16.8. The summed E-state index contributed by atoms with van der Waals surface area (Å²) in [5.74, 6) is 0. The van der Waals surface area contributed by atoms with E-state index < -0.39 is 0 Å². The van der Waals surface area contributed by atoms with Crippen LogP contribution in [0.2, 0.25) is 0 Å². The number of epoxide rings is 1. The minimum atomic E-state index is -0.108.